The zero-order chi connectivity index (χ0) is 23.7. The third-order valence-electron chi connectivity index (χ3n) is 7.61. The molecule has 1 aromatic carbocycles. The molecule has 2 aliphatic heterocycles. The number of hydrogen-bond donors (Lipinski definition) is 0. The van der Waals surface area contributed by atoms with Crippen molar-refractivity contribution < 1.29 is 19.1 Å². The van der Waals surface area contributed by atoms with E-state index in [-0.39, 0.29) is 29.2 Å². The van der Waals surface area contributed by atoms with Gasteiger partial charge >= 0.3 is 6.09 Å². The maximum atomic E-state index is 13.1. The van der Waals surface area contributed by atoms with Crippen molar-refractivity contribution >= 4 is 39.5 Å². The zero-order valence-corrected chi connectivity index (χ0v) is 20.5. The Labute approximate surface area is 203 Å². The third-order valence-corrected chi connectivity index (χ3v) is 8.70. The normalized spacial score (nSPS) is 21.7. The molecule has 0 N–H and O–H groups in total. The number of aryl methyl sites for hydroxylation is 1. The van der Waals surface area contributed by atoms with Crippen molar-refractivity contribution in [2.24, 2.45) is 11.3 Å². The molecule has 2 saturated heterocycles. The molecule has 1 aromatic heterocycles. The minimum Gasteiger partial charge on any atom is -0.450 e. The second-order valence-corrected chi connectivity index (χ2v) is 10.7. The number of ether oxygens (including phenoxy) is 1. The number of carbonyl (C=O) groups excluding carboxylic acids is 3. The molecule has 1 atom stereocenters. The predicted octanol–water partition coefficient (Wildman–Crippen LogP) is 3.16. The molecule has 1 unspecified atom stereocenters. The highest BCUT2D eigenvalue weighted by atomic mass is 32.1. The predicted molar refractivity (Wildman–Crippen MR) is 129 cm³/mol. The molecule has 1 aliphatic carbocycles. The van der Waals surface area contributed by atoms with Crippen molar-refractivity contribution in [3.8, 4) is 0 Å². The van der Waals surface area contributed by atoms with E-state index in [1.165, 1.54) is 0 Å². The average molecular weight is 485 g/mol. The molecule has 1 spiro atoms. The van der Waals surface area contributed by atoms with Crippen LogP contribution in [-0.4, -0.2) is 83.5 Å². The van der Waals surface area contributed by atoms with Crippen molar-refractivity contribution in [3.05, 3.63) is 29.3 Å². The summed E-state index contributed by atoms with van der Waals surface area (Å²) in [4.78, 5) is 48.0. The second kappa shape index (κ2) is 9.52. The Morgan fingerprint density at radius 1 is 1.03 bits per heavy atom. The van der Waals surface area contributed by atoms with Crippen LogP contribution in [0.5, 0.6) is 0 Å². The summed E-state index contributed by atoms with van der Waals surface area (Å²) >= 11 is 1.66. The highest BCUT2D eigenvalue weighted by Gasteiger charge is 2.59. The Bertz CT molecular complexity index is 1040. The van der Waals surface area contributed by atoms with E-state index >= 15 is 0 Å². The molecular weight excluding hydrogens is 452 g/mol. The van der Waals surface area contributed by atoms with Crippen LogP contribution in [0.25, 0.3) is 10.2 Å². The van der Waals surface area contributed by atoms with E-state index in [0.717, 1.165) is 47.6 Å². The number of hydrogen-bond acceptors (Lipinski definition) is 6. The van der Waals surface area contributed by atoms with Crippen LogP contribution in [0.15, 0.2) is 24.3 Å². The number of amides is 3. The first-order valence-electron chi connectivity index (χ1n) is 12.3. The van der Waals surface area contributed by atoms with E-state index < -0.39 is 0 Å². The molecule has 1 saturated carbocycles. The van der Waals surface area contributed by atoms with Crippen molar-refractivity contribution in [2.45, 2.75) is 39.0 Å². The molecule has 0 bridgehead atoms. The van der Waals surface area contributed by atoms with Crippen molar-refractivity contribution in [3.63, 3.8) is 0 Å². The van der Waals surface area contributed by atoms with Crippen molar-refractivity contribution in [2.75, 3.05) is 45.9 Å². The van der Waals surface area contributed by atoms with Gasteiger partial charge in [-0.1, -0.05) is 12.1 Å². The summed E-state index contributed by atoms with van der Waals surface area (Å²) in [6.07, 6.45) is 3.60. The number of carbonyl (C=O) groups is 3. The van der Waals surface area contributed by atoms with Gasteiger partial charge in [-0.05, 0) is 43.7 Å². The first-order chi connectivity index (χ1) is 16.5. The van der Waals surface area contributed by atoms with Gasteiger partial charge in [0.1, 0.15) is 0 Å². The van der Waals surface area contributed by atoms with Gasteiger partial charge in [0.05, 0.1) is 21.8 Å². The van der Waals surface area contributed by atoms with Crippen LogP contribution < -0.4 is 0 Å². The van der Waals surface area contributed by atoms with Crippen LogP contribution in [0.2, 0.25) is 0 Å². The van der Waals surface area contributed by atoms with E-state index in [1.54, 1.807) is 23.2 Å². The lowest BCUT2D eigenvalue weighted by Crippen LogP contribution is -2.51. The standard InChI is InChI=1S/C25H32N4O4S/c1-2-33-24(32)29-15-13-28(14-16-29)23(31)18-17-25(18)9-11-27(12-10-25)22(30)8-7-21-26-19-5-3-4-6-20(19)34-21/h3-6,18H,2,7-17H2,1H3. The average Bonchev–Trinajstić information content (AvgIpc) is 3.38. The first kappa shape index (κ1) is 23.1. The molecular formula is C25H32N4O4S. The Morgan fingerprint density at radius 3 is 2.44 bits per heavy atom. The van der Waals surface area contributed by atoms with Crippen LogP contribution in [0.4, 0.5) is 4.79 Å². The summed E-state index contributed by atoms with van der Waals surface area (Å²) in [5.74, 6) is 0.480. The number of likely N-dealkylation sites (tertiary alicyclic amines) is 1. The molecule has 5 rings (SSSR count). The number of fused-ring (bicyclic) bond motifs is 1. The number of nitrogens with zero attached hydrogens (tertiary/aromatic N) is 4. The number of benzene rings is 1. The summed E-state index contributed by atoms with van der Waals surface area (Å²) < 4.78 is 6.22. The molecule has 34 heavy (non-hydrogen) atoms. The first-order valence-corrected chi connectivity index (χ1v) is 13.1. The Balaban J connectivity index is 1.06. The highest BCUT2D eigenvalue weighted by molar-refractivity contribution is 7.18. The van der Waals surface area contributed by atoms with Gasteiger partial charge in [-0.25, -0.2) is 9.78 Å². The number of piperidine rings is 1. The molecule has 8 nitrogen and oxygen atoms in total. The van der Waals surface area contributed by atoms with Gasteiger partial charge < -0.3 is 19.4 Å². The van der Waals surface area contributed by atoms with Gasteiger partial charge in [0.15, 0.2) is 0 Å². The van der Waals surface area contributed by atoms with Gasteiger partial charge in [-0.2, -0.15) is 0 Å². The fraction of sp³-hybridized carbons (Fsp3) is 0.600. The Hall–Kier alpha value is -2.68. The molecule has 3 aliphatic rings. The van der Waals surface area contributed by atoms with Crippen LogP contribution >= 0.6 is 11.3 Å². The molecule has 2 aromatic rings. The van der Waals surface area contributed by atoms with Gasteiger partial charge in [-0.15, -0.1) is 11.3 Å². The Kier molecular flexibility index (Phi) is 6.46. The zero-order valence-electron chi connectivity index (χ0n) is 19.7. The summed E-state index contributed by atoms with van der Waals surface area (Å²) in [6, 6.07) is 8.07. The molecule has 182 valence electrons. The largest absolute Gasteiger partial charge is 0.450 e. The van der Waals surface area contributed by atoms with Crippen molar-refractivity contribution in [1.82, 2.24) is 19.7 Å². The van der Waals surface area contributed by atoms with E-state index in [0.29, 0.717) is 45.6 Å². The van der Waals surface area contributed by atoms with Gasteiger partial charge in [-0.3, -0.25) is 9.59 Å². The van der Waals surface area contributed by atoms with Crippen molar-refractivity contribution in [1.29, 1.82) is 0 Å². The van der Waals surface area contributed by atoms with Gasteiger partial charge in [0, 0.05) is 58.0 Å². The lowest BCUT2D eigenvalue weighted by molar-refractivity contribution is -0.136. The molecule has 3 heterocycles. The minimum absolute atomic E-state index is 0.0686. The minimum atomic E-state index is -0.294. The van der Waals surface area contributed by atoms with E-state index in [1.807, 2.05) is 28.0 Å². The van der Waals surface area contributed by atoms with E-state index in [2.05, 4.69) is 11.1 Å². The number of para-hydroxylation sites is 1. The number of rotatable bonds is 5. The molecule has 3 fully saturated rings. The fourth-order valence-electron chi connectivity index (χ4n) is 5.39. The van der Waals surface area contributed by atoms with Gasteiger partial charge in [0.25, 0.3) is 0 Å². The fourth-order valence-corrected chi connectivity index (χ4v) is 6.36. The lowest BCUT2D eigenvalue weighted by Gasteiger charge is -2.36. The van der Waals surface area contributed by atoms with Crippen LogP contribution in [-0.2, 0) is 20.7 Å². The summed E-state index contributed by atoms with van der Waals surface area (Å²) in [5.41, 5.74) is 1.07. The van der Waals surface area contributed by atoms with Crippen LogP contribution in [0.1, 0.15) is 37.6 Å². The maximum absolute atomic E-state index is 13.1. The summed E-state index contributed by atoms with van der Waals surface area (Å²) in [5, 5.41) is 1.01. The topological polar surface area (TPSA) is 83.0 Å². The smallest absolute Gasteiger partial charge is 0.409 e. The summed E-state index contributed by atoms with van der Waals surface area (Å²) in [6.45, 7) is 5.83. The molecule has 9 heteroatoms. The monoisotopic (exact) mass is 484 g/mol. The number of aromatic nitrogens is 1. The quantitative estimate of drug-likeness (QED) is 0.651. The van der Waals surface area contributed by atoms with Gasteiger partial charge in [0.2, 0.25) is 11.8 Å². The van der Waals surface area contributed by atoms with E-state index in [9.17, 15) is 14.4 Å². The van der Waals surface area contributed by atoms with Crippen LogP contribution in [0.3, 0.4) is 0 Å². The Morgan fingerprint density at radius 2 is 1.74 bits per heavy atom. The van der Waals surface area contributed by atoms with E-state index in [4.69, 9.17) is 4.74 Å². The molecule has 3 amide bonds. The summed E-state index contributed by atoms with van der Waals surface area (Å²) in [7, 11) is 0. The highest BCUT2D eigenvalue weighted by Crippen LogP contribution is 2.60. The molecule has 0 radical (unpaired) electrons. The maximum Gasteiger partial charge on any atom is 0.409 e. The number of piperazine rings is 1. The lowest BCUT2D eigenvalue weighted by atomic mass is 9.90. The SMILES string of the molecule is CCOC(=O)N1CCN(C(=O)C2CC23CCN(C(=O)CCc2nc4ccccc4s2)CC3)CC1. The third kappa shape index (κ3) is 4.62. The van der Waals surface area contributed by atoms with Crippen LogP contribution in [0, 0.1) is 11.3 Å². The number of thiazole rings is 1. The second-order valence-electron chi connectivity index (χ2n) is 9.59.